The lowest BCUT2D eigenvalue weighted by Crippen LogP contribution is -2.40. The molecule has 0 radical (unpaired) electrons. The topological polar surface area (TPSA) is 66.8 Å². The van der Waals surface area contributed by atoms with Gasteiger partial charge in [-0.3, -0.25) is 9.59 Å². The van der Waals surface area contributed by atoms with Crippen LogP contribution < -0.4 is 0 Å². The first-order valence-electron chi connectivity index (χ1n) is 7.73. The van der Waals surface area contributed by atoms with E-state index in [4.69, 9.17) is 4.74 Å². The number of hydrogen-bond acceptors (Lipinski definition) is 3. The van der Waals surface area contributed by atoms with Crippen molar-refractivity contribution in [3.05, 3.63) is 34.3 Å². The summed E-state index contributed by atoms with van der Waals surface area (Å²) in [5.74, 6) is -0.568. The molecule has 0 spiro atoms. The summed E-state index contributed by atoms with van der Waals surface area (Å²) in [7, 11) is 1.50. The number of amides is 1. The van der Waals surface area contributed by atoms with E-state index in [1.165, 1.54) is 12.7 Å². The van der Waals surface area contributed by atoms with E-state index in [1.54, 1.807) is 4.90 Å². The maximum atomic E-state index is 12.7. The second-order valence-electron chi connectivity index (χ2n) is 6.53. The van der Waals surface area contributed by atoms with Crippen molar-refractivity contribution >= 4 is 27.8 Å². The molecule has 1 saturated carbocycles. The minimum Gasteiger partial charge on any atom is -0.481 e. The highest BCUT2D eigenvalue weighted by Gasteiger charge is 2.51. The molecule has 1 aromatic rings. The van der Waals surface area contributed by atoms with Crippen molar-refractivity contribution in [2.75, 3.05) is 26.8 Å². The quantitative estimate of drug-likeness (QED) is 0.850. The fourth-order valence-electron chi connectivity index (χ4n) is 3.50. The Morgan fingerprint density at radius 1 is 1.48 bits per heavy atom. The van der Waals surface area contributed by atoms with Gasteiger partial charge in [-0.05, 0) is 36.5 Å². The largest absolute Gasteiger partial charge is 0.481 e. The van der Waals surface area contributed by atoms with E-state index in [0.29, 0.717) is 13.0 Å². The van der Waals surface area contributed by atoms with Gasteiger partial charge in [0.1, 0.15) is 5.41 Å². The highest BCUT2D eigenvalue weighted by molar-refractivity contribution is 9.10. The summed E-state index contributed by atoms with van der Waals surface area (Å²) in [4.78, 5) is 25.9. The van der Waals surface area contributed by atoms with E-state index >= 15 is 0 Å². The average Bonchev–Trinajstić information content (AvgIpc) is 3.20. The molecular formula is C17H20BrNO4. The Morgan fingerprint density at radius 2 is 2.26 bits per heavy atom. The summed E-state index contributed by atoms with van der Waals surface area (Å²) in [5.41, 5.74) is 0.211. The molecule has 1 amide bonds. The molecule has 1 aromatic carbocycles. The van der Waals surface area contributed by atoms with E-state index in [9.17, 15) is 14.7 Å². The molecular weight excluding hydrogens is 362 g/mol. The van der Waals surface area contributed by atoms with Crippen LogP contribution in [0.2, 0.25) is 0 Å². The number of hydrogen-bond donors (Lipinski definition) is 1. The van der Waals surface area contributed by atoms with Gasteiger partial charge in [0.25, 0.3) is 0 Å². The summed E-state index contributed by atoms with van der Waals surface area (Å²) in [6.07, 6.45) is 1.30. The Bertz CT molecular complexity index is 635. The zero-order valence-corrected chi connectivity index (χ0v) is 14.6. The highest BCUT2D eigenvalue weighted by Crippen LogP contribution is 2.49. The zero-order chi connectivity index (χ0) is 16.6. The first kappa shape index (κ1) is 16.5. The molecule has 1 aliphatic heterocycles. The first-order chi connectivity index (χ1) is 11.0. The number of aliphatic carboxylic acids is 1. The van der Waals surface area contributed by atoms with Crippen molar-refractivity contribution < 1.29 is 19.4 Å². The monoisotopic (exact) mass is 381 g/mol. The van der Waals surface area contributed by atoms with Crippen molar-refractivity contribution in [2.24, 2.45) is 11.3 Å². The standard InChI is InChI=1S/C17H20BrNO4/c1-23-10-17(16(21)22)5-6-19(9-17)15(20)14-8-13(14)11-3-2-4-12(18)7-11/h2-4,7,13-14H,5-6,8-10H2,1H3,(H,21,22). The van der Waals surface area contributed by atoms with Crippen LogP contribution in [0.3, 0.4) is 0 Å². The lowest BCUT2D eigenvalue weighted by atomic mass is 9.88. The van der Waals surface area contributed by atoms with Crippen molar-refractivity contribution in [1.82, 2.24) is 4.90 Å². The molecule has 1 saturated heterocycles. The third kappa shape index (κ3) is 3.15. The molecule has 124 valence electrons. The molecule has 3 rings (SSSR count). The number of carboxylic acids is 1. The molecule has 0 bridgehead atoms. The fourth-order valence-corrected chi connectivity index (χ4v) is 3.92. The summed E-state index contributed by atoms with van der Waals surface area (Å²) < 4.78 is 6.09. The van der Waals surface area contributed by atoms with Gasteiger partial charge in [-0.1, -0.05) is 28.1 Å². The third-order valence-corrected chi connectivity index (χ3v) is 5.42. The Morgan fingerprint density at radius 3 is 2.91 bits per heavy atom. The van der Waals surface area contributed by atoms with Crippen LogP contribution in [0.5, 0.6) is 0 Å². The number of rotatable bonds is 5. The maximum Gasteiger partial charge on any atom is 0.313 e. The number of likely N-dealkylation sites (tertiary alicyclic amines) is 1. The van der Waals surface area contributed by atoms with Gasteiger partial charge in [0, 0.05) is 30.6 Å². The summed E-state index contributed by atoms with van der Waals surface area (Å²) >= 11 is 3.46. The van der Waals surface area contributed by atoms with E-state index in [1.807, 2.05) is 24.3 Å². The number of methoxy groups -OCH3 is 1. The van der Waals surface area contributed by atoms with E-state index in [-0.39, 0.29) is 30.9 Å². The summed E-state index contributed by atoms with van der Waals surface area (Å²) in [5, 5.41) is 9.49. The minimum absolute atomic E-state index is 0.0172. The van der Waals surface area contributed by atoms with Crippen LogP contribution in [0.1, 0.15) is 24.3 Å². The Hall–Kier alpha value is -1.40. The maximum absolute atomic E-state index is 12.7. The van der Waals surface area contributed by atoms with Crippen molar-refractivity contribution in [3.8, 4) is 0 Å². The van der Waals surface area contributed by atoms with Gasteiger partial charge in [0.05, 0.1) is 6.61 Å². The number of carboxylic acid groups (broad SMARTS) is 1. The molecule has 3 unspecified atom stereocenters. The third-order valence-electron chi connectivity index (χ3n) is 4.92. The predicted molar refractivity (Wildman–Crippen MR) is 88.1 cm³/mol. The van der Waals surface area contributed by atoms with Gasteiger partial charge in [0.15, 0.2) is 0 Å². The molecule has 1 aliphatic carbocycles. The summed E-state index contributed by atoms with van der Waals surface area (Å²) in [6.45, 7) is 0.888. The second-order valence-corrected chi connectivity index (χ2v) is 7.45. The van der Waals surface area contributed by atoms with Gasteiger partial charge in [-0.2, -0.15) is 0 Å². The van der Waals surface area contributed by atoms with Crippen molar-refractivity contribution in [1.29, 1.82) is 0 Å². The fraction of sp³-hybridized carbons (Fsp3) is 0.529. The Labute approximate surface area is 143 Å². The predicted octanol–water partition coefficient (Wildman–Crippen LogP) is 2.50. The number of halogens is 1. The lowest BCUT2D eigenvalue weighted by molar-refractivity contribution is -0.151. The van der Waals surface area contributed by atoms with Crippen LogP contribution in [0, 0.1) is 11.3 Å². The van der Waals surface area contributed by atoms with Gasteiger partial charge < -0.3 is 14.7 Å². The zero-order valence-electron chi connectivity index (χ0n) is 13.0. The second kappa shape index (κ2) is 6.24. The molecule has 2 aliphatic rings. The van der Waals surface area contributed by atoms with Gasteiger partial charge in [-0.25, -0.2) is 0 Å². The normalized spacial score (nSPS) is 29.6. The van der Waals surface area contributed by atoms with E-state index in [0.717, 1.165) is 10.9 Å². The van der Waals surface area contributed by atoms with Crippen LogP contribution in [0.15, 0.2) is 28.7 Å². The smallest absolute Gasteiger partial charge is 0.313 e. The molecule has 23 heavy (non-hydrogen) atoms. The molecule has 0 aromatic heterocycles. The Balaban J connectivity index is 1.66. The highest BCUT2D eigenvalue weighted by atomic mass is 79.9. The van der Waals surface area contributed by atoms with Crippen LogP contribution in [-0.4, -0.2) is 48.7 Å². The van der Waals surface area contributed by atoms with Gasteiger partial charge in [0.2, 0.25) is 5.91 Å². The average molecular weight is 382 g/mol. The SMILES string of the molecule is COCC1(C(=O)O)CCN(C(=O)C2CC2c2cccc(Br)c2)C1. The Kier molecular flexibility index (Phi) is 4.47. The van der Waals surface area contributed by atoms with Crippen LogP contribution in [0.4, 0.5) is 0 Å². The number of nitrogens with zero attached hydrogens (tertiary/aromatic N) is 1. The van der Waals surface area contributed by atoms with E-state index in [2.05, 4.69) is 15.9 Å². The molecule has 6 heteroatoms. The van der Waals surface area contributed by atoms with Crippen LogP contribution in [-0.2, 0) is 14.3 Å². The van der Waals surface area contributed by atoms with E-state index < -0.39 is 11.4 Å². The number of ether oxygens (including phenoxy) is 1. The molecule has 5 nitrogen and oxygen atoms in total. The van der Waals surface area contributed by atoms with Crippen molar-refractivity contribution in [2.45, 2.75) is 18.8 Å². The molecule has 3 atom stereocenters. The number of carbonyl (C=O) groups excluding carboxylic acids is 1. The molecule has 1 N–H and O–H groups in total. The van der Waals surface area contributed by atoms with Crippen LogP contribution >= 0.6 is 15.9 Å². The molecule has 2 fully saturated rings. The first-order valence-corrected chi connectivity index (χ1v) is 8.53. The number of benzene rings is 1. The van der Waals surface area contributed by atoms with Crippen LogP contribution in [0.25, 0.3) is 0 Å². The molecule has 1 heterocycles. The number of carbonyl (C=O) groups is 2. The lowest BCUT2D eigenvalue weighted by Gasteiger charge is -2.24. The summed E-state index contributed by atoms with van der Waals surface area (Å²) in [6, 6.07) is 8.03. The van der Waals surface area contributed by atoms with Crippen molar-refractivity contribution in [3.63, 3.8) is 0 Å². The minimum atomic E-state index is -0.954. The van der Waals surface area contributed by atoms with Gasteiger partial charge >= 0.3 is 5.97 Å². The van der Waals surface area contributed by atoms with Gasteiger partial charge in [-0.15, -0.1) is 0 Å².